The highest BCUT2D eigenvalue weighted by molar-refractivity contribution is 7.99. The highest BCUT2D eigenvalue weighted by Gasteiger charge is 2.25. The van der Waals surface area contributed by atoms with Gasteiger partial charge in [0.25, 0.3) is 0 Å². The van der Waals surface area contributed by atoms with Crippen LogP contribution in [-0.4, -0.2) is 28.4 Å². The molecule has 2 amide bonds. The molecule has 0 bridgehead atoms. The summed E-state index contributed by atoms with van der Waals surface area (Å²) >= 11 is 9.19. The fourth-order valence-corrected chi connectivity index (χ4v) is 6.17. The monoisotopic (exact) mass is 605 g/mol. The number of aromatic nitrogens is 1. The van der Waals surface area contributed by atoms with Gasteiger partial charge in [-0.15, -0.1) is 23.5 Å². The predicted molar refractivity (Wildman–Crippen MR) is 169 cm³/mol. The number of hydrogen-bond donors (Lipinski definition) is 1. The number of anilines is 1. The molecule has 0 fully saturated rings. The maximum absolute atomic E-state index is 14.8. The van der Waals surface area contributed by atoms with Crippen molar-refractivity contribution in [1.29, 1.82) is 0 Å². The molecule has 1 N–H and O–H groups in total. The molecule has 41 heavy (non-hydrogen) atoms. The Morgan fingerprint density at radius 1 is 1.00 bits per heavy atom. The molecule has 210 valence electrons. The second-order valence-electron chi connectivity index (χ2n) is 9.63. The summed E-state index contributed by atoms with van der Waals surface area (Å²) in [5, 5.41) is 5.36. The average molecular weight is 606 g/mol. The Hall–Kier alpha value is -3.46. The second kappa shape index (κ2) is 12.6. The Bertz CT molecular complexity index is 1700. The molecule has 0 saturated carbocycles. The van der Waals surface area contributed by atoms with Crippen LogP contribution in [-0.2, 0) is 13.1 Å². The van der Waals surface area contributed by atoms with Gasteiger partial charge < -0.3 is 14.6 Å². The van der Waals surface area contributed by atoms with Crippen LogP contribution in [0.1, 0.15) is 22.6 Å². The first kappa shape index (κ1) is 29.0. The van der Waals surface area contributed by atoms with E-state index in [9.17, 15) is 9.18 Å². The SMILES string of the molecule is CSc1cc(C)nc(SC)c1NC(=O)N(Cc1ccccc1F)Cc1oc2ccc(C)cc2c1-c1ccc(Cl)cc1. The molecule has 5 rings (SSSR count). The first-order valence-electron chi connectivity index (χ1n) is 12.9. The van der Waals surface area contributed by atoms with Crippen molar-refractivity contribution < 1.29 is 13.6 Å². The number of carbonyl (C=O) groups excluding carboxylic acids is 1. The van der Waals surface area contributed by atoms with Crippen LogP contribution in [0.15, 0.2) is 87.1 Å². The number of fused-ring (bicyclic) bond motifs is 1. The summed E-state index contributed by atoms with van der Waals surface area (Å²) in [4.78, 5) is 21.1. The van der Waals surface area contributed by atoms with Crippen molar-refractivity contribution in [3.05, 3.63) is 106 Å². The number of furan rings is 1. The van der Waals surface area contributed by atoms with E-state index in [4.69, 9.17) is 16.0 Å². The van der Waals surface area contributed by atoms with Crippen LogP contribution < -0.4 is 5.32 Å². The Morgan fingerprint density at radius 3 is 2.46 bits per heavy atom. The maximum atomic E-state index is 14.8. The van der Waals surface area contributed by atoms with Crippen LogP contribution in [0, 0.1) is 19.7 Å². The van der Waals surface area contributed by atoms with Gasteiger partial charge in [0, 0.05) is 32.1 Å². The zero-order valence-corrected chi connectivity index (χ0v) is 25.5. The third-order valence-corrected chi connectivity index (χ3v) is 8.41. The van der Waals surface area contributed by atoms with E-state index in [0.29, 0.717) is 27.6 Å². The van der Waals surface area contributed by atoms with Crippen LogP contribution in [0.4, 0.5) is 14.9 Å². The number of rotatable bonds is 8. The molecule has 5 nitrogen and oxygen atoms in total. The van der Waals surface area contributed by atoms with Gasteiger partial charge in [0.2, 0.25) is 0 Å². The number of aryl methyl sites for hydroxylation is 2. The summed E-state index contributed by atoms with van der Waals surface area (Å²) in [5.74, 6) is 0.215. The summed E-state index contributed by atoms with van der Waals surface area (Å²) in [7, 11) is 0. The number of urea groups is 1. The number of thioether (sulfide) groups is 2. The van der Waals surface area contributed by atoms with Gasteiger partial charge in [0.15, 0.2) is 0 Å². The van der Waals surface area contributed by atoms with Gasteiger partial charge in [-0.3, -0.25) is 0 Å². The number of benzene rings is 3. The number of pyridine rings is 1. The van der Waals surface area contributed by atoms with Crippen LogP contribution >= 0.6 is 35.1 Å². The van der Waals surface area contributed by atoms with Crippen molar-refractivity contribution in [1.82, 2.24) is 9.88 Å². The van der Waals surface area contributed by atoms with Crippen molar-refractivity contribution >= 4 is 57.8 Å². The lowest BCUT2D eigenvalue weighted by molar-refractivity contribution is 0.201. The van der Waals surface area contributed by atoms with Crippen LogP contribution in [0.25, 0.3) is 22.1 Å². The zero-order chi connectivity index (χ0) is 29.1. The number of nitrogens with one attached hydrogen (secondary N) is 1. The molecular weight excluding hydrogens is 577 g/mol. The molecule has 0 aliphatic carbocycles. The molecule has 0 radical (unpaired) electrons. The summed E-state index contributed by atoms with van der Waals surface area (Å²) in [6.45, 7) is 4.10. The van der Waals surface area contributed by atoms with Gasteiger partial charge in [-0.25, -0.2) is 14.2 Å². The van der Waals surface area contributed by atoms with E-state index < -0.39 is 0 Å². The molecular formula is C32H29ClFN3O2S2. The molecule has 0 saturated heterocycles. The Balaban J connectivity index is 1.59. The average Bonchev–Trinajstić information content (AvgIpc) is 3.31. The summed E-state index contributed by atoms with van der Waals surface area (Å²) in [5.41, 5.74) is 5.48. The summed E-state index contributed by atoms with van der Waals surface area (Å²) in [6.07, 6.45) is 3.88. The molecule has 0 aliphatic heterocycles. The lowest BCUT2D eigenvalue weighted by Gasteiger charge is -2.24. The summed E-state index contributed by atoms with van der Waals surface area (Å²) < 4.78 is 21.2. The van der Waals surface area contributed by atoms with Gasteiger partial charge in [0.05, 0.1) is 18.8 Å². The first-order valence-corrected chi connectivity index (χ1v) is 15.8. The Labute approximate surface area is 252 Å². The molecule has 9 heteroatoms. The zero-order valence-electron chi connectivity index (χ0n) is 23.1. The van der Waals surface area contributed by atoms with Gasteiger partial charge in [-0.1, -0.05) is 53.6 Å². The molecule has 0 spiro atoms. The topological polar surface area (TPSA) is 58.4 Å². The van der Waals surface area contributed by atoms with E-state index in [2.05, 4.69) is 16.4 Å². The van der Waals surface area contributed by atoms with Gasteiger partial charge >= 0.3 is 6.03 Å². The van der Waals surface area contributed by atoms with Crippen LogP contribution in [0.5, 0.6) is 0 Å². The third-order valence-electron chi connectivity index (χ3n) is 6.71. The van der Waals surface area contributed by atoms with Crippen molar-refractivity contribution in [2.75, 3.05) is 17.8 Å². The lowest BCUT2D eigenvalue weighted by atomic mass is 10.0. The molecule has 0 aliphatic rings. The normalized spacial score (nSPS) is 11.2. The summed E-state index contributed by atoms with van der Waals surface area (Å²) in [6, 6.07) is 21.6. The molecule has 2 heterocycles. The molecule has 3 aromatic carbocycles. The minimum absolute atomic E-state index is 0.0388. The van der Waals surface area contributed by atoms with E-state index in [-0.39, 0.29) is 24.9 Å². The fourth-order valence-electron chi connectivity index (χ4n) is 4.74. The molecule has 0 atom stereocenters. The van der Waals surface area contributed by atoms with Crippen LogP contribution in [0.2, 0.25) is 5.02 Å². The number of amides is 2. The number of carbonyl (C=O) groups is 1. The molecule has 0 unspecified atom stereocenters. The quantitative estimate of drug-likeness (QED) is 0.178. The largest absolute Gasteiger partial charge is 0.459 e. The number of halogens is 2. The molecule has 2 aromatic heterocycles. The van der Waals surface area contributed by atoms with Crippen molar-refractivity contribution in [2.24, 2.45) is 0 Å². The van der Waals surface area contributed by atoms with E-state index in [0.717, 1.165) is 37.7 Å². The standard InChI is InChI=1S/C32H29ClFN3O2S2/c1-19-9-14-26-24(15-19)29(21-10-12-23(33)13-11-21)27(39-26)18-37(17-22-7-5-6-8-25(22)34)32(38)36-30-28(40-3)16-20(2)35-31(30)41-4/h5-16H,17-18H2,1-4H3,(H,36,38). The van der Waals surface area contributed by atoms with Crippen molar-refractivity contribution in [3.63, 3.8) is 0 Å². The minimum atomic E-state index is -0.386. The first-order chi connectivity index (χ1) is 19.8. The lowest BCUT2D eigenvalue weighted by Crippen LogP contribution is -2.34. The van der Waals surface area contributed by atoms with E-state index in [1.165, 1.54) is 29.6 Å². The van der Waals surface area contributed by atoms with Crippen LogP contribution in [0.3, 0.4) is 0 Å². The van der Waals surface area contributed by atoms with Crippen molar-refractivity contribution in [3.8, 4) is 11.1 Å². The fraction of sp³-hybridized carbons (Fsp3) is 0.188. The van der Waals surface area contributed by atoms with E-state index >= 15 is 0 Å². The predicted octanol–water partition coefficient (Wildman–Crippen LogP) is 9.58. The van der Waals surface area contributed by atoms with Crippen molar-refractivity contribution in [2.45, 2.75) is 36.9 Å². The Kier molecular flexibility index (Phi) is 8.92. The number of hydrogen-bond acceptors (Lipinski definition) is 5. The number of nitrogens with zero attached hydrogens (tertiary/aromatic N) is 2. The minimum Gasteiger partial charge on any atom is -0.459 e. The second-order valence-corrected chi connectivity index (χ2v) is 11.7. The van der Waals surface area contributed by atoms with Gasteiger partial charge in [-0.2, -0.15) is 0 Å². The highest BCUT2D eigenvalue weighted by Crippen LogP contribution is 2.38. The van der Waals surface area contributed by atoms with Gasteiger partial charge in [-0.05, 0) is 68.3 Å². The van der Waals surface area contributed by atoms with Gasteiger partial charge in [0.1, 0.15) is 22.2 Å². The van der Waals surface area contributed by atoms with E-state index in [1.54, 1.807) is 23.1 Å². The third kappa shape index (κ3) is 6.40. The smallest absolute Gasteiger partial charge is 0.322 e. The highest BCUT2D eigenvalue weighted by atomic mass is 35.5. The Morgan fingerprint density at radius 2 is 1.76 bits per heavy atom. The molecule has 5 aromatic rings. The maximum Gasteiger partial charge on any atom is 0.322 e. The van der Waals surface area contributed by atoms with E-state index in [1.807, 2.05) is 68.8 Å².